The van der Waals surface area contributed by atoms with Gasteiger partial charge < -0.3 is 14.2 Å². The van der Waals surface area contributed by atoms with Crippen LogP contribution in [0.5, 0.6) is 0 Å². The molecule has 380 valence electrons. The molecule has 6 nitrogen and oxygen atoms in total. The summed E-state index contributed by atoms with van der Waals surface area (Å²) >= 11 is 0. The van der Waals surface area contributed by atoms with Crippen LogP contribution in [0.2, 0.25) is 0 Å². The van der Waals surface area contributed by atoms with Gasteiger partial charge in [-0.25, -0.2) is 0 Å². The Kier molecular flexibility index (Phi) is 51.9. The number of unbranched alkanes of at least 4 members (excludes halogenated alkanes) is 27. The number of hydrogen-bond acceptors (Lipinski definition) is 6. The molecule has 0 aromatic rings. The molecule has 0 aromatic heterocycles. The van der Waals surface area contributed by atoms with Gasteiger partial charge in [0, 0.05) is 19.3 Å². The maximum Gasteiger partial charge on any atom is 0.306 e. The molecule has 0 aliphatic rings. The smallest absolute Gasteiger partial charge is 0.306 e. The molecule has 0 radical (unpaired) electrons. The van der Waals surface area contributed by atoms with E-state index in [1.54, 1.807) is 0 Å². The van der Waals surface area contributed by atoms with Gasteiger partial charge >= 0.3 is 17.9 Å². The zero-order valence-electron chi connectivity index (χ0n) is 43.4. The van der Waals surface area contributed by atoms with Crippen molar-refractivity contribution in [2.45, 2.75) is 277 Å². The zero-order valence-corrected chi connectivity index (χ0v) is 43.4. The molecule has 0 amide bonds. The highest BCUT2D eigenvalue weighted by Gasteiger charge is 2.19. The van der Waals surface area contributed by atoms with E-state index in [2.05, 4.69) is 93.7 Å². The largest absolute Gasteiger partial charge is 0.462 e. The highest BCUT2D eigenvalue weighted by molar-refractivity contribution is 5.71. The van der Waals surface area contributed by atoms with Crippen LogP contribution < -0.4 is 0 Å². The number of hydrogen-bond donors (Lipinski definition) is 0. The molecule has 1 atom stereocenters. The molecule has 0 aliphatic carbocycles. The van der Waals surface area contributed by atoms with Crippen LogP contribution in [0.3, 0.4) is 0 Å². The molecule has 6 heteroatoms. The van der Waals surface area contributed by atoms with Gasteiger partial charge in [-0.05, 0) is 103 Å². The molecule has 0 saturated carbocycles. The minimum absolute atomic E-state index is 0.0836. The van der Waals surface area contributed by atoms with Crippen LogP contribution in [0.4, 0.5) is 0 Å². The molecule has 0 aromatic carbocycles. The van der Waals surface area contributed by atoms with E-state index in [9.17, 15) is 14.4 Å². The number of allylic oxidation sites excluding steroid dienone is 12. The monoisotopic (exact) mass is 921 g/mol. The molecule has 0 N–H and O–H groups in total. The third-order valence-electron chi connectivity index (χ3n) is 11.9. The lowest BCUT2D eigenvalue weighted by Gasteiger charge is -2.18. The van der Waals surface area contributed by atoms with Crippen molar-refractivity contribution in [2.24, 2.45) is 0 Å². The van der Waals surface area contributed by atoms with E-state index in [0.717, 1.165) is 103 Å². The Morgan fingerprint density at radius 3 is 1.00 bits per heavy atom. The quantitative estimate of drug-likeness (QED) is 0.0262. The molecule has 0 saturated heterocycles. The van der Waals surface area contributed by atoms with Crippen LogP contribution in [0.1, 0.15) is 271 Å². The Labute approximate surface area is 408 Å². The lowest BCUT2D eigenvalue weighted by molar-refractivity contribution is -0.167. The second-order valence-corrected chi connectivity index (χ2v) is 18.5. The van der Waals surface area contributed by atoms with E-state index in [0.29, 0.717) is 19.3 Å². The minimum atomic E-state index is -0.783. The van der Waals surface area contributed by atoms with Gasteiger partial charge in [-0.3, -0.25) is 14.4 Å². The van der Waals surface area contributed by atoms with E-state index in [4.69, 9.17) is 14.2 Å². The fraction of sp³-hybridized carbons (Fsp3) is 0.750. The first-order chi connectivity index (χ1) is 32.5. The van der Waals surface area contributed by atoms with Gasteiger partial charge in [0.1, 0.15) is 13.2 Å². The van der Waals surface area contributed by atoms with Crippen LogP contribution in [-0.2, 0) is 28.6 Å². The first-order valence-corrected chi connectivity index (χ1v) is 27.9. The van der Waals surface area contributed by atoms with Gasteiger partial charge in [0.15, 0.2) is 6.10 Å². The van der Waals surface area contributed by atoms with E-state index in [1.807, 2.05) is 0 Å². The van der Waals surface area contributed by atoms with Gasteiger partial charge in [-0.2, -0.15) is 0 Å². The van der Waals surface area contributed by atoms with Crippen molar-refractivity contribution < 1.29 is 28.6 Å². The SMILES string of the molecule is CC/C=C\C/C=C\C/C=C\C/C=C\CCCCCCCCCCC(=O)OCC(COC(=O)CCCCCCC/C=C\CCC)OC(=O)CCCCCCCCC/C=C\CCCCCCCC. The summed E-state index contributed by atoms with van der Waals surface area (Å²) in [4.78, 5) is 38.0. The highest BCUT2D eigenvalue weighted by atomic mass is 16.6. The zero-order chi connectivity index (χ0) is 47.9. The summed E-state index contributed by atoms with van der Waals surface area (Å²) in [7, 11) is 0. The van der Waals surface area contributed by atoms with Crippen molar-refractivity contribution in [1.82, 2.24) is 0 Å². The van der Waals surface area contributed by atoms with Crippen LogP contribution in [0.25, 0.3) is 0 Å². The molecule has 1 unspecified atom stereocenters. The summed E-state index contributed by atoms with van der Waals surface area (Å²) in [6.45, 7) is 6.46. The Morgan fingerprint density at radius 1 is 0.318 bits per heavy atom. The fourth-order valence-corrected chi connectivity index (χ4v) is 7.72. The third-order valence-corrected chi connectivity index (χ3v) is 11.9. The molecule has 0 fully saturated rings. The van der Waals surface area contributed by atoms with Crippen LogP contribution in [0, 0.1) is 0 Å². The van der Waals surface area contributed by atoms with Crippen molar-refractivity contribution >= 4 is 17.9 Å². The van der Waals surface area contributed by atoms with Crippen molar-refractivity contribution in [1.29, 1.82) is 0 Å². The van der Waals surface area contributed by atoms with E-state index in [1.165, 1.54) is 128 Å². The van der Waals surface area contributed by atoms with Crippen molar-refractivity contribution in [3.63, 3.8) is 0 Å². The summed E-state index contributed by atoms with van der Waals surface area (Å²) in [6, 6.07) is 0. The average Bonchev–Trinajstić information content (AvgIpc) is 3.31. The number of ether oxygens (including phenoxy) is 3. The Balaban J connectivity index is 4.32. The van der Waals surface area contributed by atoms with Gasteiger partial charge in [0.05, 0.1) is 0 Å². The second kappa shape index (κ2) is 54.5. The number of carbonyl (C=O) groups excluding carboxylic acids is 3. The van der Waals surface area contributed by atoms with Crippen molar-refractivity contribution in [3.05, 3.63) is 72.9 Å². The highest BCUT2D eigenvalue weighted by Crippen LogP contribution is 2.15. The van der Waals surface area contributed by atoms with Gasteiger partial charge in [-0.15, -0.1) is 0 Å². The lowest BCUT2D eigenvalue weighted by atomic mass is 10.1. The van der Waals surface area contributed by atoms with Crippen molar-refractivity contribution in [3.8, 4) is 0 Å². The second-order valence-electron chi connectivity index (χ2n) is 18.5. The lowest BCUT2D eigenvalue weighted by Crippen LogP contribution is -2.30. The predicted octanol–water partition coefficient (Wildman–Crippen LogP) is 18.6. The first-order valence-electron chi connectivity index (χ1n) is 27.9. The molecule has 0 heterocycles. The summed E-state index contributed by atoms with van der Waals surface area (Å²) in [5.41, 5.74) is 0. The molecule has 0 spiro atoms. The van der Waals surface area contributed by atoms with E-state index >= 15 is 0 Å². The summed E-state index contributed by atoms with van der Waals surface area (Å²) in [6.07, 6.45) is 68.9. The maximum absolute atomic E-state index is 12.8. The summed E-state index contributed by atoms with van der Waals surface area (Å²) in [5, 5.41) is 0. The summed E-state index contributed by atoms with van der Waals surface area (Å²) < 4.78 is 16.8. The summed E-state index contributed by atoms with van der Waals surface area (Å²) in [5.74, 6) is -0.901. The van der Waals surface area contributed by atoms with E-state index in [-0.39, 0.29) is 31.1 Å². The molecule has 0 bridgehead atoms. The number of rotatable bonds is 50. The van der Waals surface area contributed by atoms with Crippen LogP contribution >= 0.6 is 0 Å². The Morgan fingerprint density at radius 2 is 0.621 bits per heavy atom. The molecule has 0 aliphatic heterocycles. The minimum Gasteiger partial charge on any atom is -0.462 e. The maximum atomic E-state index is 12.8. The Hall–Kier alpha value is -3.15. The molecular weight excluding hydrogens is 817 g/mol. The molecular formula is C60H104O6. The molecule has 0 rings (SSSR count). The van der Waals surface area contributed by atoms with Gasteiger partial charge in [-0.1, -0.05) is 222 Å². The first kappa shape index (κ1) is 62.8. The Bertz CT molecular complexity index is 1240. The normalized spacial score (nSPS) is 12.6. The van der Waals surface area contributed by atoms with Crippen molar-refractivity contribution in [2.75, 3.05) is 13.2 Å². The number of carbonyl (C=O) groups is 3. The fourth-order valence-electron chi connectivity index (χ4n) is 7.72. The van der Waals surface area contributed by atoms with Crippen LogP contribution in [0.15, 0.2) is 72.9 Å². The van der Waals surface area contributed by atoms with E-state index < -0.39 is 6.10 Å². The predicted molar refractivity (Wildman–Crippen MR) is 284 cm³/mol. The van der Waals surface area contributed by atoms with Gasteiger partial charge in [0.2, 0.25) is 0 Å². The topological polar surface area (TPSA) is 78.9 Å². The molecule has 66 heavy (non-hydrogen) atoms. The standard InChI is InChI=1S/C60H104O6/c1-4-7-10-13-16-19-22-24-26-28-29-30-31-33-34-36-38-41-44-47-50-53-59(62)65-56-57(55-64-58(61)52-49-46-43-40-21-18-15-12-9-6-3)66-60(63)54-51-48-45-42-39-37-35-32-27-25-23-20-17-14-11-8-5-2/h7,10,12,15-16,19,24-27,29-30,57H,4-6,8-9,11,13-14,17-18,20-23,28,31-56H2,1-3H3/b10-7-,15-12-,19-16-,26-24-,27-25-,30-29-. The van der Waals surface area contributed by atoms with Crippen LogP contribution in [-0.4, -0.2) is 37.2 Å². The number of esters is 3. The van der Waals surface area contributed by atoms with Gasteiger partial charge in [0.25, 0.3) is 0 Å². The average molecular weight is 921 g/mol. The third kappa shape index (κ3) is 51.8.